The molecule has 2 N–H and O–H groups in total. The van der Waals surface area contributed by atoms with Gasteiger partial charge in [-0.3, -0.25) is 29.1 Å². The molecule has 2 heterocycles. The first-order valence-electron chi connectivity index (χ1n) is 11.2. The highest BCUT2D eigenvalue weighted by atomic mass is 127. The fourth-order valence-corrected chi connectivity index (χ4v) is 4.60. The van der Waals surface area contributed by atoms with E-state index in [0.29, 0.717) is 28.6 Å². The molecule has 0 spiro atoms. The van der Waals surface area contributed by atoms with Crippen LogP contribution in [0, 0.1) is 3.57 Å². The Balaban J connectivity index is 1.54. The van der Waals surface area contributed by atoms with Gasteiger partial charge in [-0.05, 0) is 82.8 Å². The van der Waals surface area contributed by atoms with Crippen LogP contribution in [0.5, 0.6) is 0 Å². The minimum Gasteiger partial charge on any atom is -0.326 e. The number of carbonyl (C=O) groups is 3. The Morgan fingerprint density at radius 1 is 1.14 bits per heavy atom. The summed E-state index contributed by atoms with van der Waals surface area (Å²) < 4.78 is 7.86. The van der Waals surface area contributed by atoms with Crippen LogP contribution in [0.2, 0.25) is 0 Å². The van der Waals surface area contributed by atoms with E-state index in [4.69, 9.17) is 16.7 Å². The molecule has 1 aliphatic heterocycles. The maximum Gasteiger partial charge on any atom is 0.307 e. The van der Waals surface area contributed by atoms with Gasteiger partial charge in [-0.2, -0.15) is 0 Å². The second kappa shape index (κ2) is 11.1. The molecule has 4 rings (SSSR count). The Kier molecular flexibility index (Phi) is 7.94. The quantitative estimate of drug-likeness (QED) is 0.227. The number of anilines is 2. The molecule has 1 aliphatic rings. The van der Waals surface area contributed by atoms with Gasteiger partial charge in [0.1, 0.15) is 12.6 Å². The number of rotatable bonds is 8. The lowest BCUT2D eigenvalue weighted by atomic mass is 10.1. The molecule has 0 aliphatic carbocycles. The van der Waals surface area contributed by atoms with E-state index in [1.807, 2.05) is 25.1 Å². The summed E-state index contributed by atoms with van der Waals surface area (Å²) in [6.07, 6.45) is -0.0951. The predicted octanol–water partition coefficient (Wildman–Crippen LogP) is 2.70. The number of hydrogen-bond donors (Lipinski definition) is 2. The minimum atomic E-state index is -0.811. The number of thiocarbonyl (C=S) groups is 1. The van der Waals surface area contributed by atoms with Gasteiger partial charge < -0.3 is 10.2 Å². The molecule has 36 heavy (non-hydrogen) atoms. The number of carbonyl (C=O) groups excluding carboxylic acids is 3. The fraction of sp³-hybridized carbons (Fsp3) is 0.250. The fourth-order valence-electron chi connectivity index (χ4n) is 3.83. The van der Waals surface area contributed by atoms with Crippen molar-refractivity contribution in [2.24, 2.45) is 7.05 Å². The van der Waals surface area contributed by atoms with Crippen molar-refractivity contribution >= 4 is 69.2 Å². The number of aryl methyl sites for hydroxylation is 1. The number of benzene rings is 2. The third-order valence-corrected chi connectivity index (χ3v) is 6.89. The minimum absolute atomic E-state index is 0.0951. The van der Waals surface area contributed by atoms with Crippen molar-refractivity contribution in [1.29, 1.82) is 0 Å². The van der Waals surface area contributed by atoms with Crippen molar-refractivity contribution < 1.29 is 23.6 Å². The van der Waals surface area contributed by atoms with Gasteiger partial charge in [0.25, 0.3) is 17.5 Å². The van der Waals surface area contributed by atoms with Crippen LogP contribution in [-0.4, -0.2) is 50.5 Å². The van der Waals surface area contributed by atoms with Crippen LogP contribution < -0.4 is 15.3 Å². The summed E-state index contributed by atoms with van der Waals surface area (Å²) in [5.41, 5.74) is 1.59. The van der Waals surface area contributed by atoms with Crippen LogP contribution in [0.1, 0.15) is 29.4 Å². The van der Waals surface area contributed by atoms with Crippen molar-refractivity contribution in [3.8, 4) is 0 Å². The second-order valence-corrected chi connectivity index (χ2v) is 9.67. The first-order valence-corrected chi connectivity index (χ1v) is 12.7. The Bertz CT molecular complexity index is 1300. The van der Waals surface area contributed by atoms with Gasteiger partial charge in [0.05, 0.1) is 6.42 Å². The number of nitrogens with zero attached hydrogens (tertiary/aromatic N) is 4. The van der Waals surface area contributed by atoms with Gasteiger partial charge in [0.15, 0.2) is 12.2 Å². The normalized spacial score (nSPS) is 15.4. The largest absolute Gasteiger partial charge is 0.326 e. The molecule has 2 aromatic carbocycles. The lowest BCUT2D eigenvalue weighted by molar-refractivity contribution is -0.746. The maximum atomic E-state index is 13.2. The molecule has 3 amide bonds. The van der Waals surface area contributed by atoms with Crippen LogP contribution >= 0.6 is 34.8 Å². The van der Waals surface area contributed by atoms with Crippen molar-refractivity contribution in [2.45, 2.75) is 25.9 Å². The summed E-state index contributed by atoms with van der Waals surface area (Å²) >= 11 is 7.77. The number of halogens is 1. The molecule has 0 saturated carbocycles. The van der Waals surface area contributed by atoms with Crippen molar-refractivity contribution in [1.82, 2.24) is 15.1 Å². The molecule has 3 aromatic rings. The summed E-state index contributed by atoms with van der Waals surface area (Å²) in [6, 6.07) is 15.3. The Morgan fingerprint density at radius 3 is 2.50 bits per heavy atom. The van der Waals surface area contributed by atoms with E-state index in [-0.39, 0.29) is 36.6 Å². The molecule has 0 bridgehead atoms. The standard InChI is InChI=1S/C24H23IN6O4S/c1-3-30-23(34)18(13-20(32)26-17-11-9-16(25)10-12-17)31(24(30)36)14-19-22(35-28-29(19)2)27-21(33)15-7-5-4-6-8-15/h4-12,18H,3,13-14H2,1-2H3,(H-,26,27,28,32,33)/p+1. The summed E-state index contributed by atoms with van der Waals surface area (Å²) in [6.45, 7) is 2.30. The number of nitrogens with one attached hydrogen (secondary N) is 2. The SMILES string of the molecule is CCN1C(=O)C(CC(=O)Nc2ccc(I)cc2)N(Cc2c(NC(=O)c3ccccc3)on[n+]2C)C1=S. The summed E-state index contributed by atoms with van der Waals surface area (Å²) in [7, 11) is 1.66. The third kappa shape index (κ3) is 5.54. The van der Waals surface area contributed by atoms with E-state index in [0.717, 1.165) is 3.57 Å². The topological polar surface area (TPSA) is 112 Å². The van der Waals surface area contributed by atoms with Crippen molar-refractivity contribution in [3.05, 3.63) is 69.4 Å². The Morgan fingerprint density at radius 2 is 1.83 bits per heavy atom. The Hall–Kier alpha value is -3.39. The van der Waals surface area contributed by atoms with E-state index < -0.39 is 6.04 Å². The molecule has 1 fully saturated rings. The molecule has 1 unspecified atom stereocenters. The lowest BCUT2D eigenvalue weighted by Crippen LogP contribution is -2.43. The molecular weight excluding hydrogens is 595 g/mol. The summed E-state index contributed by atoms with van der Waals surface area (Å²) in [5, 5.41) is 9.78. The van der Waals surface area contributed by atoms with Crippen LogP contribution in [-0.2, 0) is 23.2 Å². The van der Waals surface area contributed by atoms with E-state index in [1.165, 1.54) is 9.58 Å². The zero-order chi connectivity index (χ0) is 25.8. The van der Waals surface area contributed by atoms with E-state index in [9.17, 15) is 14.4 Å². The van der Waals surface area contributed by atoms with Gasteiger partial charge in [0.2, 0.25) is 11.2 Å². The van der Waals surface area contributed by atoms with Gasteiger partial charge in [0, 0.05) is 21.4 Å². The number of aromatic nitrogens is 2. The number of likely N-dealkylation sites (N-methyl/N-ethyl adjacent to an activating group) is 1. The smallest absolute Gasteiger partial charge is 0.307 e. The molecule has 1 aromatic heterocycles. The van der Waals surface area contributed by atoms with Gasteiger partial charge in [-0.15, -0.1) is 0 Å². The monoisotopic (exact) mass is 619 g/mol. The second-order valence-electron chi connectivity index (χ2n) is 8.06. The first-order chi connectivity index (χ1) is 17.3. The maximum absolute atomic E-state index is 13.2. The van der Waals surface area contributed by atoms with Gasteiger partial charge >= 0.3 is 5.88 Å². The zero-order valence-electron chi connectivity index (χ0n) is 19.6. The molecule has 10 nitrogen and oxygen atoms in total. The first kappa shape index (κ1) is 25.7. The number of amides is 3. The van der Waals surface area contributed by atoms with E-state index in [2.05, 4.69) is 38.5 Å². The van der Waals surface area contributed by atoms with Crippen LogP contribution in [0.3, 0.4) is 0 Å². The molecule has 1 saturated heterocycles. The average Bonchev–Trinajstić information content (AvgIpc) is 3.32. The van der Waals surface area contributed by atoms with E-state index >= 15 is 0 Å². The zero-order valence-corrected chi connectivity index (χ0v) is 22.6. The number of hydrogen-bond acceptors (Lipinski definition) is 6. The Labute approximate surface area is 226 Å². The van der Waals surface area contributed by atoms with E-state index in [1.54, 1.807) is 48.3 Å². The highest BCUT2D eigenvalue weighted by Gasteiger charge is 2.44. The third-order valence-electron chi connectivity index (χ3n) is 5.72. The molecule has 0 radical (unpaired) electrons. The molecular formula is C24H24IN6O4S+. The highest BCUT2D eigenvalue weighted by Crippen LogP contribution is 2.25. The molecule has 1 atom stereocenters. The summed E-state index contributed by atoms with van der Waals surface area (Å²) in [4.78, 5) is 41.8. The van der Waals surface area contributed by atoms with Crippen LogP contribution in [0.4, 0.5) is 11.6 Å². The highest BCUT2D eigenvalue weighted by molar-refractivity contribution is 14.1. The summed E-state index contributed by atoms with van der Waals surface area (Å²) in [5.74, 6) is -0.794. The van der Waals surface area contributed by atoms with Gasteiger partial charge in [-0.25, -0.2) is 0 Å². The average molecular weight is 619 g/mol. The van der Waals surface area contributed by atoms with Crippen molar-refractivity contribution in [2.75, 3.05) is 17.2 Å². The predicted molar refractivity (Wildman–Crippen MR) is 144 cm³/mol. The van der Waals surface area contributed by atoms with Gasteiger partial charge in [-0.1, -0.05) is 18.2 Å². The lowest BCUT2D eigenvalue weighted by Gasteiger charge is -2.21. The molecule has 186 valence electrons. The molecule has 12 heteroatoms. The van der Waals surface area contributed by atoms with Crippen LogP contribution in [0.25, 0.3) is 0 Å². The van der Waals surface area contributed by atoms with Crippen molar-refractivity contribution in [3.63, 3.8) is 0 Å². The van der Waals surface area contributed by atoms with Crippen LogP contribution in [0.15, 0.2) is 59.1 Å².